The summed E-state index contributed by atoms with van der Waals surface area (Å²) in [7, 11) is 2.03. The lowest BCUT2D eigenvalue weighted by Crippen LogP contribution is -2.39. The van der Waals surface area contributed by atoms with Crippen LogP contribution < -0.4 is 10.6 Å². The number of rotatable bonds is 8. The molecule has 0 unspecified atom stereocenters. The van der Waals surface area contributed by atoms with Gasteiger partial charge in [0.1, 0.15) is 0 Å². The number of halogens is 1. The summed E-state index contributed by atoms with van der Waals surface area (Å²) < 4.78 is 0. The van der Waals surface area contributed by atoms with Crippen molar-refractivity contribution in [3.8, 4) is 0 Å². The first-order chi connectivity index (χ1) is 12.6. The number of thioether (sulfide) groups is 1. The third-order valence-electron chi connectivity index (χ3n) is 4.60. The summed E-state index contributed by atoms with van der Waals surface area (Å²) in [5.74, 6) is 0.960. The van der Waals surface area contributed by atoms with Crippen LogP contribution in [0, 0.1) is 0 Å². The molecule has 0 saturated heterocycles. The average Bonchev–Trinajstić information content (AvgIpc) is 3.14. The zero-order chi connectivity index (χ0) is 18.8. The molecule has 0 aromatic heterocycles. The Morgan fingerprint density at radius 2 is 1.93 bits per heavy atom. The molecule has 0 aliphatic heterocycles. The van der Waals surface area contributed by atoms with Gasteiger partial charge in [-0.3, -0.25) is 9.79 Å². The maximum atomic E-state index is 12.0. The second-order valence-corrected chi connectivity index (χ2v) is 7.62. The summed E-state index contributed by atoms with van der Waals surface area (Å²) in [6.07, 6.45) is 7.24. The van der Waals surface area contributed by atoms with E-state index in [9.17, 15) is 4.79 Å². The summed E-state index contributed by atoms with van der Waals surface area (Å²) in [5, 5.41) is 6.43. The highest BCUT2D eigenvalue weighted by Crippen LogP contribution is 2.17. The van der Waals surface area contributed by atoms with Gasteiger partial charge in [-0.15, -0.1) is 35.7 Å². The van der Waals surface area contributed by atoms with Crippen LogP contribution in [-0.2, 0) is 11.3 Å². The Bertz CT molecular complexity index is 588. The maximum absolute atomic E-state index is 12.0. The lowest BCUT2D eigenvalue weighted by atomic mass is 10.2. The molecule has 1 amide bonds. The van der Waals surface area contributed by atoms with E-state index in [4.69, 9.17) is 0 Å². The van der Waals surface area contributed by atoms with Gasteiger partial charge in [0.15, 0.2) is 5.96 Å². The third kappa shape index (κ3) is 8.72. The number of benzene rings is 1. The number of hydrogen-bond donors (Lipinski definition) is 2. The first kappa shape index (κ1) is 24.1. The number of nitrogens with zero attached hydrogens (tertiary/aromatic N) is 2. The lowest BCUT2D eigenvalue weighted by molar-refractivity contribution is -0.121. The van der Waals surface area contributed by atoms with Gasteiger partial charge >= 0.3 is 0 Å². The molecule has 1 saturated carbocycles. The van der Waals surface area contributed by atoms with Gasteiger partial charge in [-0.1, -0.05) is 25.0 Å². The van der Waals surface area contributed by atoms with Crippen LogP contribution in [0.3, 0.4) is 0 Å². The van der Waals surface area contributed by atoms with Gasteiger partial charge < -0.3 is 15.5 Å². The Hall–Kier alpha value is -0.960. The number of carbonyl (C=O) groups excluding carboxylic acids is 1. The van der Waals surface area contributed by atoms with Gasteiger partial charge in [-0.05, 0) is 43.7 Å². The molecule has 1 aliphatic rings. The number of nitrogens with one attached hydrogen (secondary N) is 2. The normalized spacial score (nSPS) is 14.6. The fourth-order valence-electron chi connectivity index (χ4n) is 3.18. The molecule has 7 heteroatoms. The molecule has 0 heterocycles. The van der Waals surface area contributed by atoms with Gasteiger partial charge in [-0.2, -0.15) is 0 Å². The average molecular weight is 504 g/mol. The molecule has 0 spiro atoms. The summed E-state index contributed by atoms with van der Waals surface area (Å²) in [5.41, 5.74) is 1.25. The van der Waals surface area contributed by atoms with Crippen molar-refractivity contribution in [3.63, 3.8) is 0 Å². The van der Waals surface area contributed by atoms with E-state index >= 15 is 0 Å². The van der Waals surface area contributed by atoms with Crippen LogP contribution in [0.1, 0.15) is 44.6 Å². The molecular weight excluding hydrogens is 471 g/mol. The second-order valence-electron chi connectivity index (χ2n) is 6.74. The van der Waals surface area contributed by atoms with Crippen LogP contribution in [0.15, 0.2) is 34.2 Å². The van der Waals surface area contributed by atoms with Crippen LogP contribution in [0.5, 0.6) is 0 Å². The smallest absolute Gasteiger partial charge is 0.222 e. The topological polar surface area (TPSA) is 56.7 Å². The maximum Gasteiger partial charge on any atom is 0.222 e. The number of aliphatic imine (C=N–C) groups is 1. The van der Waals surface area contributed by atoms with E-state index in [1.807, 2.05) is 7.05 Å². The van der Waals surface area contributed by atoms with E-state index in [2.05, 4.69) is 58.0 Å². The quantitative estimate of drug-likeness (QED) is 0.244. The molecule has 1 aromatic rings. The Kier molecular flexibility index (Phi) is 11.8. The molecule has 1 aliphatic carbocycles. The molecule has 1 fully saturated rings. The predicted molar refractivity (Wildman–Crippen MR) is 126 cm³/mol. The Morgan fingerprint density at radius 1 is 1.26 bits per heavy atom. The Balaban J connectivity index is 0.00000364. The largest absolute Gasteiger partial charge is 0.357 e. The van der Waals surface area contributed by atoms with Gasteiger partial charge in [0.2, 0.25) is 5.91 Å². The minimum absolute atomic E-state index is 0. The highest BCUT2D eigenvalue weighted by molar-refractivity contribution is 14.0. The van der Waals surface area contributed by atoms with E-state index in [0.29, 0.717) is 19.0 Å². The fourth-order valence-corrected chi connectivity index (χ4v) is 3.59. The molecule has 2 N–H and O–H groups in total. The van der Waals surface area contributed by atoms with Crippen LogP contribution in [0.25, 0.3) is 0 Å². The van der Waals surface area contributed by atoms with Crippen LogP contribution in [0.2, 0.25) is 0 Å². The van der Waals surface area contributed by atoms with Crippen molar-refractivity contribution in [1.82, 2.24) is 15.5 Å². The fraction of sp³-hybridized carbons (Fsp3) is 0.600. The van der Waals surface area contributed by atoms with Crippen molar-refractivity contribution in [1.29, 1.82) is 0 Å². The zero-order valence-corrected chi connectivity index (χ0v) is 19.8. The van der Waals surface area contributed by atoms with Gasteiger partial charge in [0, 0.05) is 37.5 Å². The van der Waals surface area contributed by atoms with Crippen molar-refractivity contribution in [2.75, 3.05) is 26.4 Å². The molecule has 0 bridgehead atoms. The number of amides is 1. The van der Waals surface area contributed by atoms with Gasteiger partial charge in [-0.25, -0.2) is 0 Å². The van der Waals surface area contributed by atoms with E-state index in [1.165, 1.54) is 23.3 Å². The first-order valence-electron chi connectivity index (χ1n) is 9.54. The number of guanidine groups is 1. The molecule has 0 atom stereocenters. The van der Waals surface area contributed by atoms with E-state index in [1.54, 1.807) is 11.8 Å². The summed E-state index contributed by atoms with van der Waals surface area (Å²) in [4.78, 5) is 20.0. The molecule has 152 valence electrons. The molecular formula is C20H33IN4OS. The number of carbonyl (C=O) groups is 1. The van der Waals surface area contributed by atoms with Crippen molar-refractivity contribution in [2.45, 2.75) is 56.5 Å². The molecule has 2 rings (SSSR count). The first-order valence-corrected chi connectivity index (χ1v) is 10.8. The molecule has 1 aromatic carbocycles. The monoisotopic (exact) mass is 504 g/mol. The lowest BCUT2D eigenvalue weighted by Gasteiger charge is -2.22. The predicted octanol–water partition coefficient (Wildman–Crippen LogP) is 3.87. The highest BCUT2D eigenvalue weighted by Gasteiger charge is 2.16. The second kappa shape index (κ2) is 13.3. The summed E-state index contributed by atoms with van der Waals surface area (Å²) in [6.45, 7) is 4.16. The van der Waals surface area contributed by atoms with Crippen LogP contribution in [-0.4, -0.2) is 49.2 Å². The van der Waals surface area contributed by atoms with Crippen molar-refractivity contribution >= 4 is 47.6 Å². The molecule has 5 nitrogen and oxygen atoms in total. The van der Waals surface area contributed by atoms with Crippen LogP contribution >= 0.6 is 35.7 Å². The summed E-state index contributed by atoms with van der Waals surface area (Å²) >= 11 is 1.75. The SMILES string of the molecule is CCNC(=NCCC(=O)NC1CCCC1)N(C)Cc1ccc(SC)cc1.I. The Morgan fingerprint density at radius 3 is 2.52 bits per heavy atom. The minimum Gasteiger partial charge on any atom is -0.357 e. The van der Waals surface area contributed by atoms with E-state index in [0.717, 1.165) is 31.9 Å². The third-order valence-corrected chi connectivity index (χ3v) is 5.34. The van der Waals surface area contributed by atoms with Gasteiger partial charge in [0.05, 0.1) is 6.54 Å². The van der Waals surface area contributed by atoms with Crippen LogP contribution in [0.4, 0.5) is 0 Å². The van der Waals surface area contributed by atoms with E-state index < -0.39 is 0 Å². The molecule has 27 heavy (non-hydrogen) atoms. The number of hydrogen-bond acceptors (Lipinski definition) is 3. The standard InChI is InChI=1S/C20H32N4OS.HI/c1-4-21-20(22-14-13-19(25)23-17-7-5-6-8-17)24(2)15-16-9-11-18(26-3)12-10-16;/h9-12,17H,4-8,13-15H2,1-3H3,(H,21,22)(H,23,25);1H. The Labute approximate surface area is 185 Å². The molecule has 0 radical (unpaired) electrons. The highest BCUT2D eigenvalue weighted by atomic mass is 127. The summed E-state index contributed by atoms with van der Waals surface area (Å²) in [6, 6.07) is 8.98. The zero-order valence-electron chi connectivity index (χ0n) is 16.7. The van der Waals surface area contributed by atoms with Gasteiger partial charge in [0.25, 0.3) is 0 Å². The van der Waals surface area contributed by atoms with Crippen molar-refractivity contribution in [3.05, 3.63) is 29.8 Å². The minimum atomic E-state index is 0. The van der Waals surface area contributed by atoms with Crippen molar-refractivity contribution < 1.29 is 4.79 Å². The van der Waals surface area contributed by atoms with E-state index in [-0.39, 0.29) is 29.9 Å². The van der Waals surface area contributed by atoms with Crippen molar-refractivity contribution in [2.24, 2.45) is 4.99 Å².